The first-order valence-corrected chi connectivity index (χ1v) is 3.27. The summed E-state index contributed by atoms with van der Waals surface area (Å²) in [5.74, 6) is 0. The summed E-state index contributed by atoms with van der Waals surface area (Å²) in [5.41, 5.74) is 1.95. The maximum Gasteiger partial charge on any atom is 0.374 e. The predicted molar refractivity (Wildman–Crippen MR) is 44.5 cm³/mol. The molecule has 64 valence electrons. The van der Waals surface area contributed by atoms with Gasteiger partial charge in [0.25, 0.3) is 0 Å². The normalized spacial score (nSPS) is 8.18. The number of thiocarbonyl (C=S) groups is 2. The molecular weight excluding hydrogens is 190 g/mol. The molecule has 0 amide bonds. The van der Waals surface area contributed by atoms with Gasteiger partial charge in [-0.3, -0.25) is 0 Å². The molecule has 0 aromatic heterocycles. The largest absolute Gasteiger partial charge is 0.459 e. The smallest absolute Gasteiger partial charge is 0.374 e. The maximum absolute atomic E-state index is 4.47. The first kappa shape index (κ1) is 10.3. The van der Waals surface area contributed by atoms with Crippen molar-refractivity contribution in [3.63, 3.8) is 0 Å². The summed E-state index contributed by atoms with van der Waals surface area (Å²) in [6.45, 7) is 0. The predicted octanol–water partition coefficient (Wildman–Crippen LogP) is 0.302. The molecule has 0 saturated heterocycles. The second-order valence-electron chi connectivity index (χ2n) is 1.20. The Morgan fingerprint density at radius 2 is 1.36 bits per heavy atom. The fourth-order valence-corrected chi connectivity index (χ4v) is 0.240. The van der Waals surface area contributed by atoms with Crippen LogP contribution in [0, 0.1) is 0 Å². The van der Waals surface area contributed by atoms with E-state index >= 15 is 0 Å². The van der Waals surface area contributed by atoms with E-state index in [9.17, 15) is 0 Å². The first-order chi connectivity index (χ1) is 5.20. The molecule has 0 saturated carbocycles. The average Bonchev–Trinajstić information content (AvgIpc) is 2.04. The highest BCUT2D eigenvalue weighted by atomic mass is 32.1. The summed E-state index contributed by atoms with van der Waals surface area (Å²) in [7, 11) is 2.72. The Kier molecular flexibility index (Phi) is 5.71. The Morgan fingerprint density at radius 1 is 1.00 bits per heavy atom. The van der Waals surface area contributed by atoms with Crippen molar-refractivity contribution < 1.29 is 19.1 Å². The van der Waals surface area contributed by atoms with Crippen LogP contribution in [0.1, 0.15) is 0 Å². The third kappa shape index (κ3) is 5.77. The second kappa shape index (κ2) is 6.08. The molecule has 0 aromatic rings. The maximum atomic E-state index is 4.47. The van der Waals surface area contributed by atoms with Gasteiger partial charge in [0, 0.05) is 30.1 Å². The zero-order chi connectivity index (χ0) is 8.69. The van der Waals surface area contributed by atoms with Gasteiger partial charge in [-0.05, 0) is 0 Å². The third-order valence-corrected chi connectivity index (χ3v) is 1.08. The van der Waals surface area contributed by atoms with Crippen molar-refractivity contribution >= 4 is 34.9 Å². The molecule has 0 bridgehead atoms. The van der Waals surface area contributed by atoms with Crippen molar-refractivity contribution in [1.29, 1.82) is 0 Å². The topological polar surface area (TPSA) is 49.0 Å². The molecule has 0 atom stereocenters. The van der Waals surface area contributed by atoms with Crippen LogP contribution in [0.3, 0.4) is 0 Å². The van der Waals surface area contributed by atoms with Crippen LogP contribution in [0.4, 0.5) is 0 Å². The van der Waals surface area contributed by atoms with Crippen LogP contribution in [0.15, 0.2) is 0 Å². The summed E-state index contributed by atoms with van der Waals surface area (Å²) in [6.07, 6.45) is 0. The Bertz CT molecular complexity index is 135. The fraction of sp³-hybridized carbons (Fsp3) is 0.500. The number of ether oxygens (including phenoxy) is 2. The highest BCUT2D eigenvalue weighted by molar-refractivity contribution is 7.80. The van der Waals surface area contributed by atoms with E-state index in [1.54, 1.807) is 0 Å². The van der Waals surface area contributed by atoms with Gasteiger partial charge in [0.15, 0.2) is 0 Å². The van der Waals surface area contributed by atoms with Gasteiger partial charge in [-0.1, -0.05) is 0 Å². The Balaban J connectivity index is 3.27. The SMILES string of the molecule is COC(=S)ONOC(=S)OC. The number of hydrogen-bond acceptors (Lipinski definition) is 7. The van der Waals surface area contributed by atoms with Crippen molar-refractivity contribution in [3.05, 3.63) is 0 Å². The molecule has 0 spiro atoms. The highest BCUT2D eigenvalue weighted by Crippen LogP contribution is 1.81. The van der Waals surface area contributed by atoms with Crippen LogP contribution in [-0.4, -0.2) is 24.7 Å². The number of rotatable bonds is 2. The second-order valence-corrected chi connectivity index (χ2v) is 1.86. The van der Waals surface area contributed by atoms with E-state index < -0.39 is 0 Å². The van der Waals surface area contributed by atoms with Crippen LogP contribution in [0.25, 0.3) is 0 Å². The molecule has 11 heavy (non-hydrogen) atoms. The van der Waals surface area contributed by atoms with Crippen LogP contribution in [0.2, 0.25) is 0 Å². The molecule has 0 aliphatic carbocycles. The number of methoxy groups -OCH3 is 2. The van der Waals surface area contributed by atoms with Crippen molar-refractivity contribution in [3.8, 4) is 0 Å². The minimum atomic E-state index is -0.107. The zero-order valence-corrected chi connectivity index (χ0v) is 7.58. The summed E-state index contributed by atoms with van der Waals surface area (Å²) in [4.78, 5) is 8.87. The van der Waals surface area contributed by atoms with Crippen LogP contribution >= 0.6 is 24.4 Å². The van der Waals surface area contributed by atoms with E-state index in [4.69, 9.17) is 0 Å². The molecule has 0 aliphatic heterocycles. The lowest BCUT2D eigenvalue weighted by Crippen LogP contribution is -2.23. The van der Waals surface area contributed by atoms with E-state index in [0.717, 1.165) is 0 Å². The molecule has 0 rings (SSSR count). The molecule has 5 nitrogen and oxygen atoms in total. The first-order valence-electron chi connectivity index (χ1n) is 2.45. The van der Waals surface area contributed by atoms with Crippen LogP contribution in [-0.2, 0) is 19.1 Å². The molecule has 0 aliphatic rings. The Morgan fingerprint density at radius 3 is 1.64 bits per heavy atom. The lowest BCUT2D eigenvalue weighted by Gasteiger charge is -2.05. The number of hydrogen-bond donors (Lipinski definition) is 1. The van der Waals surface area contributed by atoms with Crippen molar-refractivity contribution in [2.24, 2.45) is 0 Å². The number of nitrogens with one attached hydrogen (secondary N) is 1. The van der Waals surface area contributed by atoms with Gasteiger partial charge in [-0.2, -0.15) is 0 Å². The quantitative estimate of drug-likeness (QED) is 0.504. The Labute approximate surface area is 74.5 Å². The van der Waals surface area contributed by atoms with Crippen molar-refractivity contribution in [2.75, 3.05) is 14.2 Å². The summed E-state index contributed by atoms with van der Waals surface area (Å²) < 4.78 is 8.90. The lowest BCUT2D eigenvalue weighted by atomic mass is 11.4. The molecule has 0 fully saturated rings. The van der Waals surface area contributed by atoms with E-state index in [2.05, 4.69) is 43.6 Å². The highest BCUT2D eigenvalue weighted by Gasteiger charge is 1.97. The van der Waals surface area contributed by atoms with E-state index in [1.165, 1.54) is 14.2 Å². The van der Waals surface area contributed by atoms with Gasteiger partial charge in [-0.15, -0.1) is 0 Å². The summed E-state index contributed by atoms with van der Waals surface area (Å²) in [6, 6.07) is 0. The molecule has 0 unspecified atom stereocenters. The van der Waals surface area contributed by atoms with Gasteiger partial charge in [0.2, 0.25) is 0 Å². The zero-order valence-electron chi connectivity index (χ0n) is 5.95. The van der Waals surface area contributed by atoms with Gasteiger partial charge in [0.1, 0.15) is 0 Å². The lowest BCUT2D eigenvalue weighted by molar-refractivity contribution is -0.0705. The van der Waals surface area contributed by atoms with Gasteiger partial charge < -0.3 is 19.1 Å². The van der Waals surface area contributed by atoms with E-state index in [-0.39, 0.29) is 10.5 Å². The standard InChI is InChI=1S/C4H7NO4S2/c1-6-3(10)8-5-9-4(11)7-2/h5H,1-2H3. The minimum Gasteiger partial charge on any atom is -0.459 e. The van der Waals surface area contributed by atoms with Gasteiger partial charge >= 0.3 is 10.5 Å². The molecule has 0 aromatic carbocycles. The molecular formula is C4H7NO4S2. The molecule has 0 heterocycles. The van der Waals surface area contributed by atoms with E-state index in [0.29, 0.717) is 0 Å². The van der Waals surface area contributed by atoms with Gasteiger partial charge in [0.05, 0.1) is 14.2 Å². The molecule has 1 N–H and O–H groups in total. The van der Waals surface area contributed by atoms with Gasteiger partial charge in [-0.25, -0.2) is 0 Å². The third-order valence-electron chi connectivity index (χ3n) is 0.583. The van der Waals surface area contributed by atoms with Crippen LogP contribution in [0.5, 0.6) is 0 Å². The fourth-order valence-electron chi connectivity index (χ4n) is 0.172. The monoisotopic (exact) mass is 197 g/mol. The van der Waals surface area contributed by atoms with E-state index in [1.807, 2.05) is 5.64 Å². The molecule has 0 radical (unpaired) electrons. The minimum absolute atomic E-state index is 0.107. The van der Waals surface area contributed by atoms with Crippen LogP contribution < -0.4 is 5.64 Å². The average molecular weight is 197 g/mol. The van der Waals surface area contributed by atoms with Crippen molar-refractivity contribution in [1.82, 2.24) is 5.64 Å². The Hall–Kier alpha value is -0.660. The molecule has 7 heteroatoms. The summed E-state index contributed by atoms with van der Waals surface area (Å²) >= 11 is 8.94. The van der Waals surface area contributed by atoms with Crippen molar-refractivity contribution in [2.45, 2.75) is 0 Å². The summed E-state index contributed by atoms with van der Waals surface area (Å²) in [5, 5.41) is -0.215.